The summed E-state index contributed by atoms with van der Waals surface area (Å²) in [6.45, 7) is -0.356. The zero-order valence-electron chi connectivity index (χ0n) is 19.1. The molecule has 0 fully saturated rings. The van der Waals surface area contributed by atoms with Gasteiger partial charge < -0.3 is 9.15 Å². The van der Waals surface area contributed by atoms with E-state index in [2.05, 4.69) is 15.6 Å². The molecular formula is C27H18Cl2N4O4. The fourth-order valence-corrected chi connectivity index (χ4v) is 4.16. The minimum absolute atomic E-state index is 0.200. The number of nitrogens with one attached hydrogen (secondary N) is 1. The molecule has 0 saturated heterocycles. The number of para-hydroxylation sites is 2. The van der Waals surface area contributed by atoms with E-state index in [0.29, 0.717) is 26.7 Å². The Hall–Kier alpha value is -4.40. The van der Waals surface area contributed by atoms with Gasteiger partial charge in [0, 0.05) is 21.7 Å². The lowest BCUT2D eigenvalue weighted by Crippen LogP contribution is -2.25. The maximum Gasteiger partial charge on any atom is 0.278 e. The number of halogens is 2. The van der Waals surface area contributed by atoms with Crippen LogP contribution in [-0.4, -0.2) is 28.5 Å². The summed E-state index contributed by atoms with van der Waals surface area (Å²) in [6, 6.07) is 23.2. The van der Waals surface area contributed by atoms with Crippen molar-refractivity contribution >= 4 is 46.3 Å². The lowest BCUT2D eigenvalue weighted by molar-refractivity contribution is -0.123. The van der Waals surface area contributed by atoms with Gasteiger partial charge in [0.15, 0.2) is 6.61 Å². The normalized spacial score (nSPS) is 11.2. The summed E-state index contributed by atoms with van der Waals surface area (Å²) in [6.07, 6.45) is 2.51. The Balaban J connectivity index is 1.30. The van der Waals surface area contributed by atoms with Crippen LogP contribution in [-0.2, 0) is 4.79 Å². The molecule has 5 rings (SSSR count). The molecule has 0 atom stereocenters. The van der Waals surface area contributed by atoms with Crippen molar-refractivity contribution in [2.24, 2.45) is 5.10 Å². The SMILES string of the molecule is O=C(COc1cc(-c2cc(Cl)cc(Cl)c2)n(-c2ccccc2)n1)N/N=C\c1coc2ccccc2c1=O. The molecule has 10 heteroatoms. The number of ether oxygens (including phenoxy) is 1. The highest BCUT2D eigenvalue weighted by Crippen LogP contribution is 2.31. The highest BCUT2D eigenvalue weighted by molar-refractivity contribution is 6.35. The van der Waals surface area contributed by atoms with E-state index < -0.39 is 5.91 Å². The number of amides is 1. The summed E-state index contributed by atoms with van der Waals surface area (Å²) in [5.41, 5.74) is 4.93. The summed E-state index contributed by atoms with van der Waals surface area (Å²) < 4.78 is 12.7. The van der Waals surface area contributed by atoms with E-state index in [4.69, 9.17) is 32.4 Å². The zero-order chi connectivity index (χ0) is 25.8. The molecule has 1 amide bonds. The summed E-state index contributed by atoms with van der Waals surface area (Å²) in [5.74, 6) is -0.327. The van der Waals surface area contributed by atoms with Gasteiger partial charge in [0.05, 0.1) is 28.5 Å². The highest BCUT2D eigenvalue weighted by Gasteiger charge is 2.15. The summed E-state index contributed by atoms with van der Waals surface area (Å²) in [4.78, 5) is 24.8. The Morgan fingerprint density at radius 3 is 2.54 bits per heavy atom. The topological polar surface area (TPSA) is 98.7 Å². The molecule has 0 spiro atoms. The van der Waals surface area contributed by atoms with Gasteiger partial charge in [0.1, 0.15) is 11.8 Å². The minimum Gasteiger partial charge on any atom is -0.466 e. The van der Waals surface area contributed by atoms with Gasteiger partial charge in [-0.2, -0.15) is 5.10 Å². The van der Waals surface area contributed by atoms with Crippen molar-refractivity contribution in [2.75, 3.05) is 6.61 Å². The van der Waals surface area contributed by atoms with Crippen LogP contribution < -0.4 is 15.6 Å². The quantitative estimate of drug-likeness (QED) is 0.221. The number of benzene rings is 3. The first-order valence-electron chi connectivity index (χ1n) is 11.0. The van der Waals surface area contributed by atoms with Crippen LogP contribution in [0.2, 0.25) is 10.0 Å². The molecule has 1 N–H and O–H groups in total. The number of rotatable bonds is 7. The van der Waals surface area contributed by atoms with Crippen LogP contribution in [0.25, 0.3) is 27.9 Å². The molecule has 8 nitrogen and oxygen atoms in total. The second kappa shape index (κ2) is 10.7. The maximum atomic E-state index is 12.5. The average molecular weight is 533 g/mol. The van der Waals surface area contributed by atoms with Crippen molar-refractivity contribution < 1.29 is 13.9 Å². The number of fused-ring (bicyclic) bond motifs is 1. The lowest BCUT2D eigenvalue weighted by atomic mass is 10.1. The highest BCUT2D eigenvalue weighted by atomic mass is 35.5. The molecule has 0 bridgehead atoms. The van der Waals surface area contributed by atoms with Gasteiger partial charge in [-0.25, -0.2) is 10.1 Å². The third-order valence-electron chi connectivity index (χ3n) is 5.30. The Kier molecular flexibility index (Phi) is 7.02. The largest absolute Gasteiger partial charge is 0.466 e. The molecule has 0 radical (unpaired) electrons. The Morgan fingerprint density at radius 2 is 1.76 bits per heavy atom. The van der Waals surface area contributed by atoms with Gasteiger partial charge in [-0.15, -0.1) is 5.10 Å². The Labute approximate surface area is 220 Å². The molecule has 0 aliphatic carbocycles. The van der Waals surface area contributed by atoms with Gasteiger partial charge in [-0.05, 0) is 42.5 Å². The maximum absolute atomic E-state index is 12.5. The molecule has 0 saturated carbocycles. The lowest BCUT2D eigenvalue weighted by Gasteiger charge is -2.08. The van der Waals surface area contributed by atoms with Gasteiger partial charge in [0.25, 0.3) is 5.91 Å². The average Bonchev–Trinajstić information content (AvgIpc) is 3.33. The van der Waals surface area contributed by atoms with Crippen LogP contribution in [0.15, 0.2) is 99.4 Å². The standard InChI is InChI=1S/C27H18Cl2N4O4/c28-19-10-17(11-20(29)12-19)23-13-26(32-33(23)21-6-2-1-3-7-21)37-16-25(34)31-30-14-18-15-36-24-9-5-4-8-22(24)27(18)35/h1-15H,16H2,(H,31,34)/b30-14-. The van der Waals surface area contributed by atoms with Crippen LogP contribution >= 0.6 is 23.2 Å². The second-order valence-electron chi connectivity index (χ2n) is 7.87. The van der Waals surface area contributed by atoms with E-state index in [9.17, 15) is 9.59 Å². The number of carbonyl (C=O) groups excluding carboxylic acids is 1. The number of hydrogen-bond acceptors (Lipinski definition) is 6. The van der Waals surface area contributed by atoms with Crippen LogP contribution in [0.4, 0.5) is 0 Å². The van der Waals surface area contributed by atoms with Crippen LogP contribution in [0.1, 0.15) is 5.56 Å². The summed E-state index contributed by atoms with van der Waals surface area (Å²) in [7, 11) is 0. The van der Waals surface area contributed by atoms with E-state index >= 15 is 0 Å². The fraction of sp³-hybridized carbons (Fsp3) is 0.0370. The molecule has 3 aromatic carbocycles. The number of hydrazone groups is 1. The molecule has 0 unspecified atom stereocenters. The smallest absolute Gasteiger partial charge is 0.278 e. The zero-order valence-corrected chi connectivity index (χ0v) is 20.6. The van der Waals surface area contributed by atoms with Gasteiger partial charge in [-0.1, -0.05) is 53.5 Å². The predicted molar refractivity (Wildman–Crippen MR) is 143 cm³/mol. The summed E-state index contributed by atoms with van der Waals surface area (Å²) in [5, 5.41) is 9.71. The predicted octanol–water partition coefficient (Wildman–Crippen LogP) is 5.48. The summed E-state index contributed by atoms with van der Waals surface area (Å²) >= 11 is 12.4. The molecule has 0 aliphatic rings. The molecule has 37 heavy (non-hydrogen) atoms. The van der Waals surface area contributed by atoms with E-state index in [0.717, 1.165) is 11.3 Å². The first-order chi connectivity index (χ1) is 18.0. The van der Waals surface area contributed by atoms with Crippen molar-refractivity contribution in [1.82, 2.24) is 15.2 Å². The van der Waals surface area contributed by atoms with E-state index in [1.54, 1.807) is 53.2 Å². The first kappa shape index (κ1) is 24.3. The second-order valence-corrected chi connectivity index (χ2v) is 8.74. The molecule has 0 aliphatic heterocycles. The third-order valence-corrected chi connectivity index (χ3v) is 5.73. The Bertz CT molecular complexity index is 1660. The third kappa shape index (κ3) is 5.55. The van der Waals surface area contributed by atoms with Crippen molar-refractivity contribution in [1.29, 1.82) is 0 Å². The van der Waals surface area contributed by atoms with E-state index in [-0.39, 0.29) is 23.5 Å². The molecule has 2 aromatic heterocycles. The molecule has 184 valence electrons. The monoisotopic (exact) mass is 532 g/mol. The van der Waals surface area contributed by atoms with E-state index in [1.165, 1.54) is 12.5 Å². The number of carbonyl (C=O) groups is 1. The molecule has 2 heterocycles. The van der Waals surface area contributed by atoms with Crippen molar-refractivity contribution in [3.63, 3.8) is 0 Å². The van der Waals surface area contributed by atoms with Crippen molar-refractivity contribution in [2.45, 2.75) is 0 Å². The molecule has 5 aromatic rings. The first-order valence-corrected chi connectivity index (χ1v) is 11.8. The number of nitrogens with zero attached hydrogens (tertiary/aromatic N) is 3. The minimum atomic E-state index is -0.539. The van der Waals surface area contributed by atoms with Crippen molar-refractivity contribution in [3.8, 4) is 22.8 Å². The van der Waals surface area contributed by atoms with Gasteiger partial charge in [0.2, 0.25) is 11.3 Å². The van der Waals surface area contributed by atoms with Crippen LogP contribution in [0.3, 0.4) is 0 Å². The van der Waals surface area contributed by atoms with E-state index in [1.807, 2.05) is 30.3 Å². The number of aromatic nitrogens is 2. The number of hydrogen-bond donors (Lipinski definition) is 1. The molecular weight excluding hydrogens is 515 g/mol. The van der Waals surface area contributed by atoms with Crippen LogP contribution in [0.5, 0.6) is 5.88 Å². The fourth-order valence-electron chi connectivity index (χ4n) is 3.63. The van der Waals surface area contributed by atoms with Gasteiger partial charge in [-0.3, -0.25) is 9.59 Å². The van der Waals surface area contributed by atoms with Crippen LogP contribution in [0, 0.1) is 0 Å². The Morgan fingerprint density at radius 1 is 1.03 bits per heavy atom. The van der Waals surface area contributed by atoms with Gasteiger partial charge >= 0.3 is 0 Å². The van der Waals surface area contributed by atoms with Crippen molar-refractivity contribution in [3.05, 3.63) is 111 Å².